The van der Waals surface area contributed by atoms with E-state index >= 15 is 0 Å². The first-order valence-electron chi connectivity index (χ1n) is 9.66. The molecule has 1 N–H and O–H groups in total. The van der Waals surface area contributed by atoms with Crippen LogP contribution in [-0.2, 0) is 30.4 Å². The summed E-state index contributed by atoms with van der Waals surface area (Å²) in [6.45, 7) is 7.29. The molecule has 0 fully saturated rings. The van der Waals surface area contributed by atoms with Crippen LogP contribution in [0, 0.1) is 11.3 Å². The van der Waals surface area contributed by atoms with Gasteiger partial charge in [0.05, 0.1) is 0 Å². The second kappa shape index (κ2) is 12.7. The van der Waals surface area contributed by atoms with Gasteiger partial charge in [-0.1, -0.05) is 58.0 Å². The summed E-state index contributed by atoms with van der Waals surface area (Å²) in [6, 6.07) is 8.36. The van der Waals surface area contributed by atoms with Crippen molar-refractivity contribution >= 4 is 40.6 Å². The molecule has 1 aromatic carbocycles. The van der Waals surface area contributed by atoms with Crippen molar-refractivity contribution in [3.05, 3.63) is 35.9 Å². The molecule has 29 heavy (non-hydrogen) atoms. The highest BCUT2D eigenvalue weighted by molar-refractivity contribution is 14.1. The molecule has 1 aromatic rings. The molecule has 1 atom stereocenters. The van der Waals surface area contributed by atoms with E-state index in [0.29, 0.717) is 12.8 Å². The Morgan fingerprint density at radius 1 is 1.03 bits per heavy atom. The van der Waals surface area contributed by atoms with Crippen LogP contribution in [0.4, 0.5) is 4.79 Å². The van der Waals surface area contributed by atoms with Gasteiger partial charge in [-0.25, -0.2) is 9.59 Å². The molecule has 0 saturated heterocycles. The van der Waals surface area contributed by atoms with Crippen LogP contribution >= 0.6 is 22.6 Å². The second-order valence-electron chi connectivity index (χ2n) is 7.06. The van der Waals surface area contributed by atoms with Gasteiger partial charge in [0.15, 0.2) is 0 Å². The first-order chi connectivity index (χ1) is 13.8. The Bertz CT molecular complexity index is 660. The Morgan fingerprint density at radius 2 is 1.66 bits per heavy atom. The molecule has 0 aliphatic rings. The van der Waals surface area contributed by atoms with Crippen molar-refractivity contribution in [1.29, 1.82) is 0 Å². The van der Waals surface area contributed by atoms with E-state index in [0.717, 1.165) is 5.56 Å². The summed E-state index contributed by atoms with van der Waals surface area (Å²) in [6.07, 6.45) is 0.252. The zero-order valence-electron chi connectivity index (χ0n) is 17.4. The first-order valence-corrected chi connectivity index (χ1v) is 11.2. The van der Waals surface area contributed by atoms with Crippen molar-refractivity contribution in [3.63, 3.8) is 0 Å². The Morgan fingerprint density at radius 3 is 2.17 bits per heavy atom. The number of ether oxygens (including phenoxy) is 3. The zero-order chi connectivity index (χ0) is 21.9. The molecule has 0 radical (unpaired) electrons. The van der Waals surface area contributed by atoms with Gasteiger partial charge in [-0.05, 0) is 46.9 Å². The van der Waals surface area contributed by atoms with Crippen molar-refractivity contribution in [1.82, 2.24) is 5.32 Å². The third-order valence-electron chi connectivity index (χ3n) is 4.87. The second-order valence-corrected chi connectivity index (χ2v) is 7.69. The van der Waals surface area contributed by atoms with E-state index in [-0.39, 0.29) is 29.7 Å². The first kappa shape index (κ1) is 25.2. The van der Waals surface area contributed by atoms with Crippen LogP contribution in [0.3, 0.4) is 0 Å². The number of amides is 1. The molecule has 0 aromatic heterocycles. The lowest BCUT2D eigenvalue weighted by Crippen LogP contribution is -2.47. The van der Waals surface area contributed by atoms with Crippen LogP contribution in [0.2, 0.25) is 0 Å². The average molecular weight is 519 g/mol. The number of halogens is 1. The van der Waals surface area contributed by atoms with E-state index in [2.05, 4.69) is 5.32 Å². The van der Waals surface area contributed by atoms with Gasteiger partial charge in [-0.3, -0.25) is 4.79 Å². The number of carbonyl (C=O) groups is 3. The van der Waals surface area contributed by atoms with E-state index < -0.39 is 23.5 Å². The number of nitrogens with one attached hydrogen (secondary N) is 1. The highest BCUT2D eigenvalue weighted by Gasteiger charge is 2.39. The van der Waals surface area contributed by atoms with Gasteiger partial charge in [0.25, 0.3) is 0 Å². The molecule has 162 valence electrons. The number of alkyl halides is 1. The summed E-state index contributed by atoms with van der Waals surface area (Å²) >= 11 is 1.95. The number of esters is 2. The average Bonchev–Trinajstić information content (AvgIpc) is 2.72. The van der Waals surface area contributed by atoms with Crippen LogP contribution in [-0.4, -0.2) is 35.3 Å². The fraction of sp³-hybridized carbons (Fsp3) is 0.571. The van der Waals surface area contributed by atoms with E-state index in [1.165, 1.54) is 0 Å². The fourth-order valence-electron chi connectivity index (χ4n) is 2.69. The third kappa shape index (κ3) is 7.83. The van der Waals surface area contributed by atoms with E-state index in [4.69, 9.17) is 14.2 Å². The maximum absolute atomic E-state index is 12.6. The molecule has 1 amide bonds. The van der Waals surface area contributed by atoms with Crippen molar-refractivity contribution in [2.75, 3.05) is 11.2 Å². The number of rotatable bonds is 11. The lowest BCUT2D eigenvalue weighted by molar-refractivity contribution is -0.164. The van der Waals surface area contributed by atoms with Crippen molar-refractivity contribution in [2.45, 2.75) is 53.2 Å². The van der Waals surface area contributed by atoms with Gasteiger partial charge in [-0.15, -0.1) is 0 Å². The largest absolute Gasteiger partial charge is 0.463 e. The minimum absolute atomic E-state index is 0.0989. The topological polar surface area (TPSA) is 90.9 Å². The van der Waals surface area contributed by atoms with Gasteiger partial charge in [0.1, 0.15) is 29.3 Å². The molecule has 0 heterocycles. The van der Waals surface area contributed by atoms with E-state index in [1.807, 2.05) is 66.8 Å². The fourth-order valence-corrected chi connectivity index (χ4v) is 2.98. The maximum Gasteiger partial charge on any atom is 0.408 e. The summed E-state index contributed by atoms with van der Waals surface area (Å²) in [7, 11) is 0. The Hall–Kier alpha value is -1.84. The molecular weight excluding hydrogens is 489 g/mol. The highest BCUT2D eigenvalue weighted by atomic mass is 127. The van der Waals surface area contributed by atoms with Gasteiger partial charge in [0, 0.05) is 0 Å². The molecule has 0 spiro atoms. The Labute approximate surface area is 186 Å². The smallest absolute Gasteiger partial charge is 0.408 e. The lowest BCUT2D eigenvalue weighted by atomic mass is 9.83. The summed E-state index contributed by atoms with van der Waals surface area (Å²) in [5.74, 6) is -1.21. The number of hydrogen-bond acceptors (Lipinski definition) is 6. The van der Waals surface area contributed by atoms with Crippen molar-refractivity contribution in [3.8, 4) is 0 Å². The normalized spacial score (nSPS) is 12.2. The minimum Gasteiger partial charge on any atom is -0.463 e. The van der Waals surface area contributed by atoms with Crippen LogP contribution < -0.4 is 5.32 Å². The number of hydrogen-bond donors (Lipinski definition) is 1. The summed E-state index contributed by atoms with van der Waals surface area (Å²) in [4.78, 5) is 37.1. The standard InChI is InChI=1S/C21H30INO6/c1-5-21(6-2,19(25)29-14-22)13-28-18(24)17(15(3)4)23-20(26)27-12-16-10-8-7-9-11-16/h7-11,15,17H,5-6,12-14H2,1-4H3,(H,23,26)/t17-/m0/s1. The molecule has 1 rings (SSSR count). The molecule has 0 aliphatic heterocycles. The van der Waals surface area contributed by atoms with Crippen LogP contribution in [0.5, 0.6) is 0 Å². The minimum atomic E-state index is -0.893. The molecule has 0 aliphatic carbocycles. The van der Waals surface area contributed by atoms with E-state index in [9.17, 15) is 14.4 Å². The summed E-state index contributed by atoms with van der Waals surface area (Å²) in [5, 5.41) is 2.56. The molecular formula is C21H30INO6. The zero-order valence-corrected chi connectivity index (χ0v) is 19.6. The third-order valence-corrected chi connectivity index (χ3v) is 5.18. The van der Waals surface area contributed by atoms with Crippen molar-refractivity contribution < 1.29 is 28.6 Å². The number of alkyl carbamates (subject to hydrolysis) is 1. The molecule has 0 saturated carbocycles. The molecule has 0 unspecified atom stereocenters. The predicted octanol–water partition coefficient (Wildman–Crippen LogP) is 4.22. The molecule has 7 nitrogen and oxygen atoms in total. The van der Waals surface area contributed by atoms with Crippen molar-refractivity contribution in [2.24, 2.45) is 11.3 Å². The maximum atomic E-state index is 12.6. The summed E-state index contributed by atoms with van der Waals surface area (Å²) < 4.78 is 16.0. The van der Waals surface area contributed by atoms with Gasteiger partial charge in [0.2, 0.25) is 0 Å². The number of benzene rings is 1. The lowest BCUT2D eigenvalue weighted by Gasteiger charge is -2.29. The quantitative estimate of drug-likeness (QED) is 0.204. The van der Waals surface area contributed by atoms with Crippen LogP contribution in [0.1, 0.15) is 46.1 Å². The number of carbonyl (C=O) groups excluding carboxylic acids is 3. The van der Waals surface area contributed by atoms with Crippen LogP contribution in [0.15, 0.2) is 30.3 Å². The molecule has 8 heteroatoms. The Balaban J connectivity index is 2.68. The van der Waals surface area contributed by atoms with Gasteiger partial charge in [-0.2, -0.15) is 0 Å². The Kier molecular flexibility index (Phi) is 11.0. The van der Waals surface area contributed by atoms with Gasteiger partial charge >= 0.3 is 18.0 Å². The highest BCUT2D eigenvalue weighted by Crippen LogP contribution is 2.29. The van der Waals surface area contributed by atoms with E-state index in [1.54, 1.807) is 13.8 Å². The van der Waals surface area contributed by atoms with Gasteiger partial charge < -0.3 is 19.5 Å². The SMILES string of the molecule is CCC(CC)(COC(=O)[C@@H](NC(=O)OCc1ccccc1)C(C)C)C(=O)OCI. The monoisotopic (exact) mass is 519 g/mol. The summed E-state index contributed by atoms with van der Waals surface area (Å²) in [5.41, 5.74) is -0.0494. The molecule has 0 bridgehead atoms. The van der Waals surface area contributed by atoms with Crippen LogP contribution in [0.25, 0.3) is 0 Å². The predicted molar refractivity (Wildman–Crippen MR) is 117 cm³/mol.